The molecule has 0 saturated carbocycles. The van der Waals surface area contributed by atoms with Gasteiger partial charge in [-0.3, -0.25) is 24.1 Å². The quantitative estimate of drug-likeness (QED) is 0.342. The van der Waals surface area contributed by atoms with Crippen LogP contribution in [0.4, 0.5) is 0 Å². The third-order valence-electron chi connectivity index (χ3n) is 9.63. The highest BCUT2D eigenvalue weighted by Gasteiger charge is 2.73. The van der Waals surface area contributed by atoms with Crippen LogP contribution in [0.5, 0.6) is 0 Å². The summed E-state index contributed by atoms with van der Waals surface area (Å²) < 4.78 is 17.6. The molecule has 12 heteroatoms. The predicted octanol–water partition coefficient (Wildman–Crippen LogP) is 0.429. The molecule has 1 aromatic carbocycles. The number of hydrogen-bond acceptors (Lipinski definition) is 9. The Hall–Kier alpha value is -3.58. The molecule has 0 unspecified atom stereocenters. The lowest BCUT2D eigenvalue weighted by Gasteiger charge is -2.38. The molecule has 3 fully saturated rings. The highest BCUT2D eigenvalue weighted by Crippen LogP contribution is 2.55. The molecular weight excluding hydrogens is 580 g/mol. The smallest absolute Gasteiger partial charge is 0.306 e. The number of amides is 3. The Labute approximate surface area is 262 Å². The van der Waals surface area contributed by atoms with E-state index < -0.39 is 59.5 Å². The maximum atomic E-state index is 14.6. The first-order chi connectivity index (χ1) is 21.8. The summed E-state index contributed by atoms with van der Waals surface area (Å²) in [5.41, 5.74) is -0.600. The first-order valence-corrected chi connectivity index (χ1v) is 15.9. The molecule has 0 aromatic heterocycles. The van der Waals surface area contributed by atoms with Crippen molar-refractivity contribution in [3.05, 3.63) is 60.2 Å². The molecule has 5 aliphatic rings. The van der Waals surface area contributed by atoms with E-state index in [4.69, 9.17) is 14.2 Å². The number of likely N-dealkylation sites (tertiary alicyclic amines) is 1. The Morgan fingerprint density at radius 2 is 1.82 bits per heavy atom. The molecule has 12 nitrogen and oxygen atoms in total. The SMILES string of the molecule is C[C@H](CO)N1C(=O)[C@@H]2[C@H]3C(=O)N[C@@H](c4ccccc4)COC(=O)CC/C=C\CN(CCN4CCOCC4)C(=O)[C@@H]1[C@]21C=C[C@H]3O1. The minimum Gasteiger partial charge on any atom is -0.463 e. The van der Waals surface area contributed by atoms with Crippen molar-refractivity contribution in [1.29, 1.82) is 0 Å². The number of aliphatic hydroxyl groups excluding tert-OH is 1. The molecule has 1 aromatic rings. The van der Waals surface area contributed by atoms with E-state index in [1.54, 1.807) is 24.0 Å². The Morgan fingerprint density at radius 3 is 2.58 bits per heavy atom. The second kappa shape index (κ2) is 13.4. The standard InChI is InChI=1S/C33H42N4O8/c1-22(20-38)37-29-32(42)36(15-14-35-16-18-43-19-17-35)13-7-3-6-10-26(39)44-21-24(23-8-4-2-5-9-23)34-30(40)27-25-11-12-33(29,45-25)28(27)31(37)41/h2-5,7-9,11-12,22,24-25,27-29,38H,6,10,13-21H2,1H3,(H,34,40)/b7-3-/t22-,24-,25-,27+,28+,29-,33+/m1/s1. The van der Waals surface area contributed by atoms with E-state index in [-0.39, 0.29) is 32.1 Å². The normalized spacial score (nSPS) is 34.0. The van der Waals surface area contributed by atoms with Gasteiger partial charge in [-0.25, -0.2) is 0 Å². The predicted molar refractivity (Wildman–Crippen MR) is 161 cm³/mol. The molecule has 5 aliphatic heterocycles. The van der Waals surface area contributed by atoms with Gasteiger partial charge in [0.05, 0.1) is 49.8 Å². The Morgan fingerprint density at radius 1 is 1.04 bits per heavy atom. The van der Waals surface area contributed by atoms with Gasteiger partial charge >= 0.3 is 5.97 Å². The zero-order chi connectivity index (χ0) is 31.6. The maximum absolute atomic E-state index is 14.6. The summed E-state index contributed by atoms with van der Waals surface area (Å²) in [5.74, 6) is -3.38. The van der Waals surface area contributed by atoms with Gasteiger partial charge in [0.25, 0.3) is 0 Å². The summed E-state index contributed by atoms with van der Waals surface area (Å²) in [6.45, 7) is 5.33. The van der Waals surface area contributed by atoms with Crippen molar-refractivity contribution in [3.63, 3.8) is 0 Å². The fourth-order valence-electron chi connectivity index (χ4n) is 7.24. The van der Waals surface area contributed by atoms with Gasteiger partial charge < -0.3 is 34.4 Å². The fraction of sp³-hybridized carbons (Fsp3) is 0.576. The van der Waals surface area contributed by atoms with Crippen molar-refractivity contribution in [2.24, 2.45) is 11.8 Å². The lowest BCUT2D eigenvalue weighted by molar-refractivity contribution is -0.150. The first-order valence-electron chi connectivity index (χ1n) is 15.9. The van der Waals surface area contributed by atoms with Crippen molar-refractivity contribution in [3.8, 4) is 0 Å². The Balaban J connectivity index is 1.36. The molecule has 0 aliphatic carbocycles. The number of ether oxygens (including phenoxy) is 3. The number of morpholine rings is 1. The summed E-state index contributed by atoms with van der Waals surface area (Å²) in [6.07, 6.45) is 7.12. The lowest BCUT2D eigenvalue weighted by Crippen LogP contribution is -2.58. The first kappa shape index (κ1) is 31.4. The molecule has 7 atom stereocenters. The molecule has 45 heavy (non-hydrogen) atoms. The third kappa shape index (κ3) is 6.04. The lowest BCUT2D eigenvalue weighted by atomic mass is 9.74. The number of hydrogen-bond donors (Lipinski definition) is 2. The molecule has 1 spiro atoms. The maximum Gasteiger partial charge on any atom is 0.306 e. The van der Waals surface area contributed by atoms with Gasteiger partial charge in [0.2, 0.25) is 17.7 Å². The van der Waals surface area contributed by atoms with E-state index in [0.29, 0.717) is 32.7 Å². The number of nitrogens with zero attached hydrogens (tertiary/aromatic N) is 3. The second-order valence-corrected chi connectivity index (χ2v) is 12.4. The van der Waals surface area contributed by atoms with Crippen LogP contribution in [0.2, 0.25) is 0 Å². The number of esters is 1. The van der Waals surface area contributed by atoms with Gasteiger partial charge in [-0.15, -0.1) is 0 Å². The molecule has 242 valence electrons. The van der Waals surface area contributed by atoms with Crippen LogP contribution >= 0.6 is 0 Å². The summed E-state index contributed by atoms with van der Waals surface area (Å²) in [4.78, 5) is 61.0. The zero-order valence-electron chi connectivity index (χ0n) is 25.6. The average Bonchev–Trinajstić information content (AvgIpc) is 3.71. The minimum absolute atomic E-state index is 0.0692. The number of aliphatic hydroxyl groups is 1. The van der Waals surface area contributed by atoms with Crippen molar-refractivity contribution >= 4 is 23.7 Å². The number of allylic oxidation sites excluding steroid dienone is 1. The molecule has 0 radical (unpaired) electrons. The van der Waals surface area contributed by atoms with Crippen molar-refractivity contribution in [2.75, 3.05) is 59.2 Å². The van der Waals surface area contributed by atoms with Crippen molar-refractivity contribution < 1.29 is 38.5 Å². The van der Waals surface area contributed by atoms with E-state index in [9.17, 15) is 24.3 Å². The number of carbonyl (C=O) groups is 4. The molecular formula is C33H42N4O8. The monoisotopic (exact) mass is 622 g/mol. The third-order valence-corrected chi connectivity index (χ3v) is 9.63. The van der Waals surface area contributed by atoms with Gasteiger partial charge in [0, 0.05) is 39.1 Å². The van der Waals surface area contributed by atoms with Crippen LogP contribution in [-0.4, -0.2) is 126 Å². The molecule has 5 bridgehead atoms. The molecule has 3 saturated heterocycles. The van der Waals surface area contributed by atoms with Crippen LogP contribution < -0.4 is 5.32 Å². The Bertz CT molecular complexity index is 1330. The average molecular weight is 623 g/mol. The number of cyclic esters (lactones) is 1. The number of carbonyl (C=O) groups excluding carboxylic acids is 4. The van der Waals surface area contributed by atoms with Crippen molar-refractivity contribution in [2.45, 2.75) is 49.6 Å². The minimum atomic E-state index is -1.35. The van der Waals surface area contributed by atoms with Gasteiger partial charge in [-0.2, -0.15) is 0 Å². The number of benzene rings is 1. The largest absolute Gasteiger partial charge is 0.463 e. The number of rotatable bonds is 6. The fourth-order valence-corrected chi connectivity index (χ4v) is 7.24. The summed E-state index contributed by atoms with van der Waals surface area (Å²) >= 11 is 0. The van der Waals surface area contributed by atoms with E-state index in [1.165, 1.54) is 4.90 Å². The van der Waals surface area contributed by atoms with Crippen molar-refractivity contribution in [1.82, 2.24) is 20.0 Å². The topological polar surface area (TPSA) is 138 Å². The van der Waals surface area contributed by atoms with Gasteiger partial charge in [0.1, 0.15) is 18.2 Å². The molecule has 2 N–H and O–H groups in total. The molecule has 6 rings (SSSR count). The van der Waals surface area contributed by atoms with Crippen LogP contribution in [0.3, 0.4) is 0 Å². The van der Waals surface area contributed by atoms with E-state index in [2.05, 4.69) is 10.2 Å². The van der Waals surface area contributed by atoms with Crippen LogP contribution in [0.25, 0.3) is 0 Å². The molecule has 5 heterocycles. The number of nitrogens with one attached hydrogen (secondary N) is 1. The Kier molecular flexibility index (Phi) is 9.36. The van der Waals surface area contributed by atoms with Gasteiger partial charge in [0.15, 0.2) is 0 Å². The second-order valence-electron chi connectivity index (χ2n) is 12.4. The van der Waals surface area contributed by atoms with E-state index >= 15 is 0 Å². The van der Waals surface area contributed by atoms with E-state index in [1.807, 2.05) is 42.5 Å². The van der Waals surface area contributed by atoms with Crippen LogP contribution in [-0.2, 0) is 33.4 Å². The zero-order valence-corrected chi connectivity index (χ0v) is 25.6. The van der Waals surface area contributed by atoms with Gasteiger partial charge in [-0.05, 0) is 18.9 Å². The summed E-state index contributed by atoms with van der Waals surface area (Å²) in [7, 11) is 0. The molecule has 3 amide bonds. The summed E-state index contributed by atoms with van der Waals surface area (Å²) in [6, 6.07) is 6.84. The highest BCUT2D eigenvalue weighted by molar-refractivity contribution is 6.00. The van der Waals surface area contributed by atoms with Crippen LogP contribution in [0, 0.1) is 11.8 Å². The van der Waals surface area contributed by atoms with Crippen LogP contribution in [0.1, 0.15) is 31.4 Å². The van der Waals surface area contributed by atoms with E-state index in [0.717, 1.165) is 18.7 Å². The number of fused-ring (bicyclic) bond motifs is 2. The highest BCUT2D eigenvalue weighted by atomic mass is 16.5. The van der Waals surface area contributed by atoms with Crippen LogP contribution in [0.15, 0.2) is 54.6 Å². The van der Waals surface area contributed by atoms with Gasteiger partial charge in [-0.1, -0.05) is 54.6 Å². The summed E-state index contributed by atoms with van der Waals surface area (Å²) in [5, 5.41) is 13.2.